The van der Waals surface area contributed by atoms with E-state index >= 15 is 0 Å². The van der Waals surface area contributed by atoms with E-state index in [-0.39, 0.29) is 13.2 Å². The Morgan fingerprint density at radius 2 is 0.796 bits per heavy atom. The van der Waals surface area contributed by atoms with Crippen molar-refractivity contribution >= 4 is 65.8 Å². The highest BCUT2D eigenvalue weighted by Crippen LogP contribution is 2.49. The van der Waals surface area contributed by atoms with Gasteiger partial charge in [-0.3, -0.25) is 0 Å². The molecule has 5 heteroatoms. The van der Waals surface area contributed by atoms with Crippen molar-refractivity contribution in [1.29, 1.82) is 0 Å². The molecule has 0 unspecified atom stereocenters. The summed E-state index contributed by atoms with van der Waals surface area (Å²) in [6, 6.07) is 47.4. The van der Waals surface area contributed by atoms with Crippen molar-refractivity contribution in [2.24, 2.45) is 0 Å². The predicted octanol–water partition coefficient (Wildman–Crippen LogP) is 11.8. The molecular weight excluding hydrogens is 608 g/mol. The van der Waals surface area contributed by atoms with Gasteiger partial charge in [0.2, 0.25) is 0 Å². The van der Waals surface area contributed by atoms with E-state index in [1.54, 1.807) is 0 Å². The second-order valence-electron chi connectivity index (χ2n) is 12.3. The van der Waals surface area contributed by atoms with Crippen LogP contribution in [-0.4, -0.2) is 18.3 Å². The molecule has 10 rings (SSSR count). The molecule has 3 heterocycles. The average molecular weight is 637 g/mol. The molecule has 0 saturated carbocycles. The molecule has 0 aliphatic rings. The van der Waals surface area contributed by atoms with Crippen molar-refractivity contribution in [2.45, 2.75) is 0 Å². The van der Waals surface area contributed by atoms with E-state index in [1.165, 1.54) is 0 Å². The van der Waals surface area contributed by atoms with Gasteiger partial charge in [-0.25, -0.2) is 0 Å². The summed E-state index contributed by atoms with van der Waals surface area (Å²) >= 11 is 0. The molecule has 0 amide bonds. The van der Waals surface area contributed by atoms with Crippen molar-refractivity contribution in [3.63, 3.8) is 0 Å². The highest BCUT2D eigenvalue weighted by atomic mass is 16.5. The van der Waals surface area contributed by atoms with Crippen molar-refractivity contribution in [1.82, 2.24) is 0 Å². The van der Waals surface area contributed by atoms with E-state index < -0.39 is 0 Å². The average Bonchev–Trinajstić information content (AvgIpc) is 3.85. The van der Waals surface area contributed by atoms with E-state index in [1.807, 2.05) is 54.6 Å². The fourth-order valence-corrected chi connectivity index (χ4v) is 7.38. The summed E-state index contributed by atoms with van der Waals surface area (Å²) in [5, 5.41) is 16.3. The van der Waals surface area contributed by atoms with Gasteiger partial charge in [0.25, 0.3) is 0 Å². The van der Waals surface area contributed by atoms with Gasteiger partial charge in [0.05, 0.1) is 6.61 Å². The maximum atomic E-state index is 10.0. The second-order valence-corrected chi connectivity index (χ2v) is 12.3. The first-order valence-electron chi connectivity index (χ1n) is 16.4. The number of aliphatic hydroxyl groups excluding tert-OH is 1. The zero-order chi connectivity index (χ0) is 32.5. The normalized spacial score (nSPS) is 11.9. The molecule has 0 fully saturated rings. The van der Waals surface area contributed by atoms with Crippen molar-refractivity contribution in [3.05, 3.63) is 140 Å². The van der Waals surface area contributed by atoms with Crippen molar-refractivity contribution in [2.75, 3.05) is 13.2 Å². The van der Waals surface area contributed by atoms with E-state index in [2.05, 4.69) is 84.9 Å². The Labute approximate surface area is 280 Å². The summed E-state index contributed by atoms with van der Waals surface area (Å²) in [7, 11) is 0. The van der Waals surface area contributed by atoms with Gasteiger partial charge in [0.15, 0.2) is 0 Å². The maximum Gasteiger partial charge on any atom is 0.143 e. The number of benzene rings is 7. The van der Waals surface area contributed by atoms with Crippen LogP contribution in [0.15, 0.2) is 153 Å². The topological polar surface area (TPSA) is 68.9 Å². The predicted molar refractivity (Wildman–Crippen MR) is 197 cm³/mol. The summed E-state index contributed by atoms with van der Waals surface area (Å²) in [6.07, 6.45) is 0. The molecule has 234 valence electrons. The number of hydrogen-bond acceptors (Lipinski definition) is 5. The quantitative estimate of drug-likeness (QED) is 0.197. The van der Waals surface area contributed by atoms with E-state index in [9.17, 15) is 5.11 Å². The fraction of sp³-hybridized carbons (Fsp3) is 0.0455. The van der Waals surface area contributed by atoms with Crippen LogP contribution in [0.3, 0.4) is 0 Å². The lowest BCUT2D eigenvalue weighted by Crippen LogP contribution is -2.05. The molecule has 10 aromatic rings. The van der Waals surface area contributed by atoms with E-state index in [0.717, 1.165) is 99.2 Å². The SMILES string of the molecule is OCCOc1c(-c2cccc3c2oc2ccccc23)cc(-c2cccc3c2oc2ccccc23)cc1-c1cccc2c1oc1ccccc12. The van der Waals surface area contributed by atoms with Crippen LogP contribution in [0.2, 0.25) is 0 Å². The zero-order valence-electron chi connectivity index (χ0n) is 26.3. The van der Waals surface area contributed by atoms with Crippen molar-refractivity contribution < 1.29 is 23.1 Å². The van der Waals surface area contributed by atoms with Crippen LogP contribution in [0.25, 0.3) is 99.2 Å². The number of hydrogen-bond donors (Lipinski definition) is 1. The maximum absolute atomic E-state index is 10.0. The summed E-state index contributed by atoms with van der Waals surface area (Å²) in [5.74, 6) is 0.635. The number of para-hydroxylation sites is 6. The van der Waals surface area contributed by atoms with Gasteiger partial charge in [-0.15, -0.1) is 0 Å². The minimum Gasteiger partial charge on any atom is -0.490 e. The zero-order valence-corrected chi connectivity index (χ0v) is 26.3. The smallest absolute Gasteiger partial charge is 0.143 e. The molecule has 0 atom stereocenters. The van der Waals surface area contributed by atoms with Gasteiger partial charge in [0.1, 0.15) is 45.9 Å². The Balaban J connectivity index is 1.34. The molecule has 1 N–H and O–H groups in total. The summed E-state index contributed by atoms with van der Waals surface area (Å²) < 4.78 is 26.2. The molecule has 0 bridgehead atoms. The van der Waals surface area contributed by atoms with Crippen molar-refractivity contribution in [3.8, 4) is 39.1 Å². The molecule has 49 heavy (non-hydrogen) atoms. The van der Waals surface area contributed by atoms with Crippen LogP contribution in [0.5, 0.6) is 5.75 Å². The Hall–Kier alpha value is -6.30. The molecule has 0 aliphatic carbocycles. The summed E-state index contributed by atoms with van der Waals surface area (Å²) in [6.45, 7) is -0.0205. The van der Waals surface area contributed by atoms with E-state index in [4.69, 9.17) is 18.0 Å². The third-order valence-corrected chi connectivity index (χ3v) is 9.53. The third-order valence-electron chi connectivity index (χ3n) is 9.53. The fourth-order valence-electron chi connectivity index (χ4n) is 7.38. The number of rotatable bonds is 6. The minimum atomic E-state index is -0.136. The van der Waals surface area contributed by atoms with Crippen LogP contribution in [0.1, 0.15) is 0 Å². The van der Waals surface area contributed by atoms with Gasteiger partial charge in [-0.2, -0.15) is 0 Å². The Morgan fingerprint density at radius 1 is 0.408 bits per heavy atom. The number of ether oxygens (including phenoxy) is 1. The monoisotopic (exact) mass is 636 g/mol. The van der Waals surface area contributed by atoms with Crippen LogP contribution in [-0.2, 0) is 0 Å². The lowest BCUT2D eigenvalue weighted by Gasteiger charge is -2.19. The molecule has 0 spiro atoms. The van der Waals surface area contributed by atoms with Crippen LogP contribution in [0, 0.1) is 0 Å². The summed E-state index contributed by atoms with van der Waals surface area (Å²) in [4.78, 5) is 0. The van der Waals surface area contributed by atoms with Crippen LogP contribution < -0.4 is 4.74 Å². The molecule has 5 nitrogen and oxygen atoms in total. The molecule has 7 aromatic carbocycles. The number of fused-ring (bicyclic) bond motifs is 9. The lowest BCUT2D eigenvalue weighted by atomic mass is 9.90. The highest BCUT2D eigenvalue weighted by Gasteiger charge is 2.24. The van der Waals surface area contributed by atoms with E-state index in [0.29, 0.717) is 5.75 Å². The van der Waals surface area contributed by atoms with Gasteiger partial charge in [-0.1, -0.05) is 109 Å². The Kier molecular flexibility index (Phi) is 6.16. The highest BCUT2D eigenvalue weighted by molar-refractivity contribution is 6.14. The largest absolute Gasteiger partial charge is 0.490 e. The molecule has 0 radical (unpaired) electrons. The number of aliphatic hydroxyl groups is 1. The molecular formula is C44H28O5. The third kappa shape index (κ3) is 4.23. The van der Waals surface area contributed by atoms with Gasteiger partial charge in [0, 0.05) is 60.1 Å². The second kappa shape index (κ2) is 10.9. The first-order chi connectivity index (χ1) is 24.3. The van der Waals surface area contributed by atoms with Crippen LogP contribution >= 0.6 is 0 Å². The molecule has 0 aliphatic heterocycles. The van der Waals surface area contributed by atoms with Gasteiger partial charge >= 0.3 is 0 Å². The standard InChI is InChI=1S/C44H28O5/c45-22-23-46-41-36(34-17-8-15-32-29-11-2-5-20-39(29)48-43(32)34)24-26(27-13-7-14-31-28-10-1-4-19-38(28)47-42(27)31)25-37(41)35-18-9-16-33-30-12-3-6-21-40(30)49-44(33)35/h1-21,24-25,45H,22-23H2. The molecule has 0 saturated heterocycles. The first kappa shape index (κ1) is 27.8. The number of furan rings is 3. The Morgan fingerprint density at radius 3 is 1.24 bits per heavy atom. The Bertz CT molecular complexity index is 2750. The molecule has 3 aromatic heterocycles. The van der Waals surface area contributed by atoms with Crippen LogP contribution in [0.4, 0.5) is 0 Å². The van der Waals surface area contributed by atoms with Gasteiger partial charge in [-0.05, 0) is 35.9 Å². The summed E-state index contributed by atoms with van der Waals surface area (Å²) in [5.41, 5.74) is 10.2. The van der Waals surface area contributed by atoms with Gasteiger partial charge < -0.3 is 23.1 Å². The minimum absolute atomic E-state index is 0.116. The lowest BCUT2D eigenvalue weighted by molar-refractivity contribution is 0.202. The first-order valence-corrected chi connectivity index (χ1v) is 16.4.